The Hall–Kier alpha value is -2.94. The van der Waals surface area contributed by atoms with Crippen molar-refractivity contribution in [1.82, 2.24) is 9.29 Å². The lowest BCUT2D eigenvalue weighted by Gasteiger charge is -2.28. The first-order chi connectivity index (χ1) is 14.4. The maximum atomic E-state index is 13.4. The van der Waals surface area contributed by atoms with Gasteiger partial charge in [0.25, 0.3) is 0 Å². The number of nitrogens with one attached hydrogen (secondary N) is 1. The van der Waals surface area contributed by atoms with Gasteiger partial charge in [-0.2, -0.15) is 0 Å². The van der Waals surface area contributed by atoms with Crippen LogP contribution in [0.4, 0.5) is 10.1 Å². The lowest BCUT2D eigenvalue weighted by Crippen LogP contribution is -2.37. The van der Waals surface area contributed by atoms with Crippen LogP contribution in [0.25, 0.3) is 0 Å². The Morgan fingerprint density at radius 1 is 1.10 bits per heavy atom. The van der Waals surface area contributed by atoms with Crippen LogP contribution in [0.3, 0.4) is 0 Å². The van der Waals surface area contributed by atoms with E-state index in [-0.39, 0.29) is 17.3 Å². The van der Waals surface area contributed by atoms with Crippen molar-refractivity contribution in [1.29, 1.82) is 0 Å². The molecule has 0 bridgehead atoms. The summed E-state index contributed by atoms with van der Waals surface area (Å²) in [5.74, 6) is -1.24. The summed E-state index contributed by atoms with van der Waals surface area (Å²) in [6, 6.07) is 16.7. The second-order valence-electron chi connectivity index (χ2n) is 7.12. The van der Waals surface area contributed by atoms with Gasteiger partial charge in [-0.3, -0.25) is 9.78 Å². The summed E-state index contributed by atoms with van der Waals surface area (Å²) in [6.45, 7) is 0.0331. The molecule has 30 heavy (non-hydrogen) atoms. The smallest absolute Gasteiger partial charge is 0.229 e. The highest BCUT2D eigenvalue weighted by Gasteiger charge is 2.47. The van der Waals surface area contributed by atoms with Crippen molar-refractivity contribution < 1.29 is 17.9 Å². The highest BCUT2D eigenvalue weighted by molar-refractivity contribution is 7.95. The van der Waals surface area contributed by atoms with Crippen LogP contribution in [-0.2, 0) is 19.4 Å². The van der Waals surface area contributed by atoms with E-state index in [0.29, 0.717) is 17.7 Å². The standard InChI is InChI=1S/C22H20FN3O3S/c23-18-10-8-16(9-11-18)21-13-17(22(27)25-19-5-4-12-24-14-19)15-26(21)30(28,29)20-6-2-1-3-7-20/h1-12,14,17,21H,13,15H2,(H-,25,27,28,29)/t17-,21+/m1/s1. The van der Waals surface area contributed by atoms with E-state index in [4.69, 9.17) is 0 Å². The Kier molecular flexibility index (Phi) is 5.72. The van der Waals surface area contributed by atoms with Crippen LogP contribution in [0.5, 0.6) is 0 Å². The van der Waals surface area contributed by atoms with Crippen LogP contribution in [0.2, 0.25) is 0 Å². The van der Waals surface area contributed by atoms with Crippen LogP contribution in [0.15, 0.2) is 84.0 Å². The summed E-state index contributed by atoms with van der Waals surface area (Å²) >= 11 is 0. The Morgan fingerprint density at radius 3 is 2.50 bits per heavy atom. The number of hydrogen-bond donors (Lipinski definition) is 1. The van der Waals surface area contributed by atoms with Crippen LogP contribution >= 0.6 is 0 Å². The van der Waals surface area contributed by atoms with Crippen molar-refractivity contribution in [2.24, 2.45) is 5.92 Å². The fourth-order valence-corrected chi connectivity index (χ4v) is 5.35. The molecular formula is C22H20FN3O3S. The minimum Gasteiger partial charge on any atom is -0.593 e. The molecule has 0 radical (unpaired) electrons. The van der Waals surface area contributed by atoms with Gasteiger partial charge in [0, 0.05) is 6.20 Å². The van der Waals surface area contributed by atoms with E-state index in [0.717, 1.165) is 0 Å². The van der Waals surface area contributed by atoms with E-state index in [2.05, 4.69) is 10.3 Å². The van der Waals surface area contributed by atoms with Gasteiger partial charge in [-0.15, -0.1) is 4.31 Å². The summed E-state index contributed by atoms with van der Waals surface area (Å²) in [5.41, 5.74) is 1.19. The monoisotopic (exact) mass is 425 g/mol. The maximum absolute atomic E-state index is 13.4. The van der Waals surface area contributed by atoms with Gasteiger partial charge in [-0.25, -0.2) is 4.39 Å². The molecule has 1 aliphatic rings. The molecule has 4 rings (SSSR count). The zero-order valence-corrected chi connectivity index (χ0v) is 16.8. The number of benzene rings is 2. The van der Waals surface area contributed by atoms with Gasteiger partial charge in [0.05, 0.1) is 30.4 Å². The van der Waals surface area contributed by atoms with Crippen molar-refractivity contribution in [3.05, 3.63) is 90.5 Å². The van der Waals surface area contributed by atoms with Crippen molar-refractivity contribution in [3.63, 3.8) is 0 Å². The number of pyridine rings is 1. The Balaban J connectivity index is 1.64. The molecule has 1 saturated heterocycles. The van der Waals surface area contributed by atoms with E-state index in [1.807, 2.05) is 0 Å². The normalized spacial score (nSPS) is 21.1. The molecule has 1 aromatic heterocycles. The van der Waals surface area contributed by atoms with Crippen molar-refractivity contribution >= 4 is 22.0 Å². The number of carbonyl (C=O) groups excluding carboxylic acids is 1. The summed E-state index contributed by atoms with van der Waals surface area (Å²) in [4.78, 5) is 17.0. The van der Waals surface area contributed by atoms with Crippen LogP contribution in [0, 0.1) is 11.7 Å². The number of amides is 1. The zero-order chi connectivity index (χ0) is 21.1. The van der Waals surface area contributed by atoms with Gasteiger partial charge in [0.15, 0.2) is 15.3 Å². The number of hydrogen-bond acceptors (Lipinski definition) is 4. The zero-order valence-electron chi connectivity index (χ0n) is 16.0. The highest BCUT2D eigenvalue weighted by Crippen LogP contribution is 2.41. The molecule has 1 aliphatic heterocycles. The predicted molar refractivity (Wildman–Crippen MR) is 110 cm³/mol. The number of sulfonamides is 1. The Labute approximate surface area is 175 Å². The molecule has 8 heteroatoms. The van der Waals surface area contributed by atoms with E-state index in [9.17, 15) is 17.9 Å². The number of carbonyl (C=O) groups is 1. The van der Waals surface area contributed by atoms with Gasteiger partial charge in [0.2, 0.25) is 5.91 Å². The fraction of sp³-hybridized carbons (Fsp3) is 0.182. The lowest BCUT2D eigenvalue weighted by atomic mass is 9.99. The van der Waals surface area contributed by atoms with Crippen LogP contribution < -0.4 is 5.32 Å². The average Bonchev–Trinajstić information content (AvgIpc) is 3.22. The third kappa shape index (κ3) is 4.16. The SMILES string of the molecule is O=C(Nc1cccnc1)[C@@H]1C[C@@H](c2ccc(F)cc2)N([S+](=O)([O-])c2ccccc2)C1. The van der Waals surface area contributed by atoms with E-state index in [1.165, 1.54) is 34.8 Å². The predicted octanol–water partition coefficient (Wildman–Crippen LogP) is 3.83. The van der Waals surface area contributed by atoms with Crippen molar-refractivity contribution in [3.8, 4) is 0 Å². The van der Waals surface area contributed by atoms with Gasteiger partial charge in [-0.1, -0.05) is 34.5 Å². The van der Waals surface area contributed by atoms with Crippen molar-refractivity contribution in [2.75, 3.05) is 11.9 Å². The van der Waals surface area contributed by atoms with Gasteiger partial charge in [0.1, 0.15) is 5.82 Å². The molecule has 154 valence electrons. The van der Waals surface area contributed by atoms with Gasteiger partial charge >= 0.3 is 0 Å². The molecule has 1 N–H and O–H groups in total. The Bertz CT molecular complexity index is 1060. The minimum atomic E-state index is -3.84. The molecule has 1 amide bonds. The number of rotatable bonds is 5. The summed E-state index contributed by atoms with van der Waals surface area (Å²) < 4.78 is 41.4. The summed E-state index contributed by atoms with van der Waals surface area (Å²) in [6.07, 6.45) is 3.43. The second-order valence-corrected chi connectivity index (χ2v) is 9.01. The minimum absolute atomic E-state index is 0.0331. The van der Waals surface area contributed by atoms with E-state index >= 15 is 0 Å². The quantitative estimate of drug-likeness (QED) is 0.630. The average molecular weight is 425 g/mol. The first-order valence-corrected chi connectivity index (χ1v) is 10.9. The fourth-order valence-electron chi connectivity index (χ4n) is 3.66. The molecule has 0 spiro atoms. The third-order valence-electron chi connectivity index (χ3n) is 5.16. The second kappa shape index (κ2) is 8.43. The highest BCUT2D eigenvalue weighted by atomic mass is 32.3. The largest absolute Gasteiger partial charge is 0.593 e. The Morgan fingerprint density at radius 2 is 1.83 bits per heavy atom. The third-order valence-corrected chi connectivity index (χ3v) is 7.05. The molecule has 0 aliphatic carbocycles. The molecule has 3 aromatic rings. The number of anilines is 1. The van der Waals surface area contributed by atoms with E-state index < -0.39 is 28.2 Å². The number of halogens is 1. The number of nitrogens with zero attached hydrogens (tertiary/aromatic N) is 2. The molecule has 2 aromatic carbocycles. The molecule has 2 heterocycles. The lowest BCUT2D eigenvalue weighted by molar-refractivity contribution is -0.119. The van der Waals surface area contributed by atoms with Crippen molar-refractivity contribution in [2.45, 2.75) is 17.4 Å². The van der Waals surface area contributed by atoms with Crippen LogP contribution in [-0.4, -0.2) is 26.3 Å². The first-order valence-electron chi connectivity index (χ1n) is 9.48. The topological polar surface area (TPSA) is 85.4 Å². The maximum Gasteiger partial charge on any atom is 0.229 e. The molecule has 0 saturated carbocycles. The van der Waals surface area contributed by atoms with Gasteiger partial charge < -0.3 is 9.87 Å². The van der Waals surface area contributed by atoms with Crippen LogP contribution in [0.1, 0.15) is 18.0 Å². The molecule has 1 unspecified atom stereocenters. The molecule has 3 atom stereocenters. The van der Waals surface area contributed by atoms with E-state index in [1.54, 1.807) is 48.7 Å². The van der Waals surface area contributed by atoms with Gasteiger partial charge in [-0.05, 0) is 48.4 Å². The first kappa shape index (κ1) is 20.3. The summed E-state index contributed by atoms with van der Waals surface area (Å²) in [7, 11) is -3.84. The molecule has 6 nitrogen and oxygen atoms in total. The molecular weight excluding hydrogens is 405 g/mol. The molecule has 1 fully saturated rings. The number of aromatic nitrogens is 1. The summed E-state index contributed by atoms with van der Waals surface area (Å²) in [5, 5.41) is 2.79.